The molecule has 100 valence electrons. The van der Waals surface area contributed by atoms with Gasteiger partial charge < -0.3 is 9.67 Å². The Kier molecular flexibility index (Phi) is 3.80. The number of nitrogens with zero attached hydrogens (tertiary/aromatic N) is 2. The van der Waals surface area contributed by atoms with E-state index in [1.165, 1.54) is 12.3 Å². The predicted molar refractivity (Wildman–Crippen MR) is 73.0 cm³/mol. The van der Waals surface area contributed by atoms with Crippen molar-refractivity contribution in [3.63, 3.8) is 0 Å². The van der Waals surface area contributed by atoms with Gasteiger partial charge in [-0.15, -0.1) is 11.3 Å². The summed E-state index contributed by atoms with van der Waals surface area (Å²) in [5.74, 6) is -0.831. The maximum absolute atomic E-state index is 11.4. The second-order valence-electron chi connectivity index (χ2n) is 4.53. The van der Waals surface area contributed by atoms with Crippen molar-refractivity contribution in [1.29, 1.82) is 0 Å². The lowest BCUT2D eigenvalue weighted by Gasteiger charge is -2.05. The molecule has 1 N–H and O–H groups in total. The van der Waals surface area contributed by atoms with E-state index in [2.05, 4.69) is 18.8 Å². The second kappa shape index (κ2) is 5.36. The number of aromatic nitrogens is 2. The first-order valence-electron chi connectivity index (χ1n) is 5.85. The van der Waals surface area contributed by atoms with Crippen LogP contribution in [-0.2, 0) is 6.54 Å². The van der Waals surface area contributed by atoms with E-state index in [0.29, 0.717) is 12.5 Å². The molecule has 0 fully saturated rings. The van der Waals surface area contributed by atoms with Crippen LogP contribution in [0.25, 0.3) is 0 Å². The molecular formula is C13H14N2O3S. The molecule has 0 saturated carbocycles. The van der Waals surface area contributed by atoms with Crippen LogP contribution in [-0.4, -0.2) is 20.6 Å². The van der Waals surface area contributed by atoms with E-state index >= 15 is 0 Å². The van der Waals surface area contributed by atoms with Gasteiger partial charge in [0.15, 0.2) is 5.43 Å². The van der Waals surface area contributed by atoms with Gasteiger partial charge in [-0.2, -0.15) is 0 Å². The summed E-state index contributed by atoms with van der Waals surface area (Å²) in [6.45, 7) is 4.61. The third kappa shape index (κ3) is 3.08. The van der Waals surface area contributed by atoms with Crippen molar-refractivity contribution in [2.75, 3.05) is 0 Å². The Balaban J connectivity index is 2.25. The van der Waals surface area contributed by atoms with Gasteiger partial charge in [0.1, 0.15) is 5.56 Å². The lowest BCUT2D eigenvalue weighted by atomic mass is 10.2. The molecule has 2 aromatic rings. The Bertz CT molecular complexity index is 658. The van der Waals surface area contributed by atoms with E-state index in [-0.39, 0.29) is 5.56 Å². The Hall–Kier alpha value is -1.95. The molecule has 0 amide bonds. The number of rotatable bonds is 4. The van der Waals surface area contributed by atoms with Gasteiger partial charge in [0.25, 0.3) is 0 Å². The summed E-state index contributed by atoms with van der Waals surface area (Å²) in [6.07, 6.45) is 2.92. The fourth-order valence-electron chi connectivity index (χ4n) is 1.63. The molecule has 0 aliphatic carbocycles. The standard InChI is InChI=1S/C13H14N2O3S/c1-8(2)12-14-9(7-19-12)5-15-4-3-11(16)10(6-15)13(17)18/h3-4,6-8H,5H2,1-2H3,(H,17,18). The molecule has 0 aliphatic rings. The minimum absolute atomic E-state index is 0.221. The van der Waals surface area contributed by atoms with Crippen LogP contribution in [0.1, 0.15) is 40.8 Å². The van der Waals surface area contributed by atoms with Crippen molar-refractivity contribution >= 4 is 17.3 Å². The summed E-state index contributed by atoms with van der Waals surface area (Å²) in [4.78, 5) is 26.7. The quantitative estimate of drug-likeness (QED) is 0.930. The maximum atomic E-state index is 11.4. The average molecular weight is 278 g/mol. The number of thiazole rings is 1. The zero-order valence-corrected chi connectivity index (χ0v) is 11.5. The summed E-state index contributed by atoms with van der Waals surface area (Å²) in [5.41, 5.74) is 0.167. The molecular weight excluding hydrogens is 264 g/mol. The topological polar surface area (TPSA) is 72.2 Å². The van der Waals surface area contributed by atoms with E-state index in [4.69, 9.17) is 5.11 Å². The summed E-state index contributed by atoms with van der Waals surface area (Å²) in [5, 5.41) is 11.9. The number of hydrogen-bond donors (Lipinski definition) is 1. The molecule has 0 unspecified atom stereocenters. The predicted octanol–water partition coefficient (Wildman–Crippen LogP) is 2.17. The first kappa shape index (κ1) is 13.5. The SMILES string of the molecule is CC(C)c1nc(Cn2ccc(=O)c(C(=O)O)c2)cs1. The van der Waals surface area contributed by atoms with Gasteiger partial charge in [0.05, 0.1) is 17.2 Å². The normalized spacial score (nSPS) is 10.9. The Morgan fingerprint density at radius 2 is 2.26 bits per heavy atom. The minimum atomic E-state index is -1.21. The number of carbonyl (C=O) groups is 1. The second-order valence-corrected chi connectivity index (χ2v) is 5.42. The Labute approximate surface area is 114 Å². The van der Waals surface area contributed by atoms with Crippen LogP contribution in [0.4, 0.5) is 0 Å². The Morgan fingerprint density at radius 3 is 2.84 bits per heavy atom. The zero-order valence-electron chi connectivity index (χ0n) is 10.7. The molecule has 6 heteroatoms. The lowest BCUT2D eigenvalue weighted by Crippen LogP contribution is -2.16. The van der Waals surface area contributed by atoms with Crippen molar-refractivity contribution in [2.45, 2.75) is 26.3 Å². The first-order chi connectivity index (χ1) is 8.97. The van der Waals surface area contributed by atoms with Gasteiger partial charge in [0, 0.05) is 29.8 Å². The summed E-state index contributed by atoms with van der Waals surface area (Å²) < 4.78 is 1.66. The van der Waals surface area contributed by atoms with Gasteiger partial charge in [-0.1, -0.05) is 13.8 Å². The molecule has 0 saturated heterocycles. The molecule has 2 aromatic heterocycles. The molecule has 0 atom stereocenters. The van der Waals surface area contributed by atoms with Gasteiger partial charge >= 0.3 is 5.97 Å². The van der Waals surface area contributed by atoms with Gasteiger partial charge in [-0.25, -0.2) is 9.78 Å². The monoisotopic (exact) mass is 278 g/mol. The number of carboxylic acids is 1. The smallest absolute Gasteiger partial charge is 0.341 e. The molecule has 0 aromatic carbocycles. The van der Waals surface area contributed by atoms with Crippen LogP contribution in [0, 0.1) is 0 Å². The van der Waals surface area contributed by atoms with E-state index < -0.39 is 11.4 Å². The van der Waals surface area contributed by atoms with E-state index in [9.17, 15) is 9.59 Å². The molecule has 2 rings (SSSR count). The van der Waals surface area contributed by atoms with E-state index in [0.717, 1.165) is 10.7 Å². The number of hydrogen-bond acceptors (Lipinski definition) is 4. The van der Waals surface area contributed by atoms with E-state index in [1.54, 1.807) is 22.1 Å². The highest BCUT2D eigenvalue weighted by atomic mass is 32.1. The zero-order chi connectivity index (χ0) is 14.0. The third-order valence-electron chi connectivity index (χ3n) is 2.62. The summed E-state index contributed by atoms with van der Waals surface area (Å²) in [6, 6.07) is 1.26. The Morgan fingerprint density at radius 1 is 1.53 bits per heavy atom. The lowest BCUT2D eigenvalue weighted by molar-refractivity contribution is 0.0694. The molecule has 0 bridgehead atoms. The fraction of sp³-hybridized carbons (Fsp3) is 0.308. The molecule has 5 nitrogen and oxygen atoms in total. The highest BCUT2D eigenvalue weighted by molar-refractivity contribution is 7.09. The van der Waals surface area contributed by atoms with Crippen LogP contribution in [0.5, 0.6) is 0 Å². The fourth-order valence-corrected chi connectivity index (χ4v) is 2.46. The average Bonchev–Trinajstić information content (AvgIpc) is 2.80. The van der Waals surface area contributed by atoms with Crippen LogP contribution in [0.2, 0.25) is 0 Å². The van der Waals surface area contributed by atoms with Crippen molar-refractivity contribution in [3.05, 3.63) is 50.3 Å². The van der Waals surface area contributed by atoms with Crippen molar-refractivity contribution < 1.29 is 9.90 Å². The van der Waals surface area contributed by atoms with Gasteiger partial charge in [-0.05, 0) is 0 Å². The molecule has 2 heterocycles. The molecule has 0 radical (unpaired) electrons. The van der Waals surface area contributed by atoms with Gasteiger partial charge in [-0.3, -0.25) is 4.79 Å². The van der Waals surface area contributed by atoms with Crippen LogP contribution >= 0.6 is 11.3 Å². The number of pyridine rings is 1. The van der Waals surface area contributed by atoms with Gasteiger partial charge in [0.2, 0.25) is 0 Å². The molecule has 0 aliphatic heterocycles. The molecule has 0 spiro atoms. The third-order valence-corrected chi connectivity index (χ3v) is 3.81. The van der Waals surface area contributed by atoms with Crippen LogP contribution in [0.15, 0.2) is 28.6 Å². The van der Waals surface area contributed by atoms with Crippen molar-refractivity contribution in [1.82, 2.24) is 9.55 Å². The van der Waals surface area contributed by atoms with Crippen molar-refractivity contribution in [3.8, 4) is 0 Å². The highest BCUT2D eigenvalue weighted by Gasteiger charge is 2.10. The van der Waals surface area contributed by atoms with Crippen molar-refractivity contribution in [2.24, 2.45) is 0 Å². The largest absolute Gasteiger partial charge is 0.477 e. The van der Waals surface area contributed by atoms with Crippen LogP contribution < -0.4 is 5.43 Å². The first-order valence-corrected chi connectivity index (χ1v) is 6.73. The highest BCUT2D eigenvalue weighted by Crippen LogP contribution is 2.19. The minimum Gasteiger partial charge on any atom is -0.477 e. The number of carboxylic acid groups (broad SMARTS) is 1. The summed E-state index contributed by atoms with van der Waals surface area (Å²) >= 11 is 1.59. The van der Waals surface area contributed by atoms with Crippen LogP contribution in [0.3, 0.4) is 0 Å². The summed E-state index contributed by atoms with van der Waals surface area (Å²) in [7, 11) is 0. The van der Waals surface area contributed by atoms with E-state index in [1.807, 2.05) is 5.38 Å². The number of aromatic carboxylic acids is 1. The maximum Gasteiger partial charge on any atom is 0.341 e. The molecule has 19 heavy (non-hydrogen) atoms.